The summed E-state index contributed by atoms with van der Waals surface area (Å²) in [6.07, 6.45) is -0.367. The van der Waals surface area contributed by atoms with Crippen LogP contribution in [0.1, 0.15) is 11.7 Å². The fraction of sp³-hybridized carbons (Fsp3) is 0.400. The summed E-state index contributed by atoms with van der Waals surface area (Å²) in [6.45, 7) is 0.304. The van der Waals surface area contributed by atoms with Gasteiger partial charge in [-0.1, -0.05) is 30.3 Å². The molecule has 2 unspecified atom stereocenters. The van der Waals surface area contributed by atoms with Crippen molar-refractivity contribution in [3.63, 3.8) is 0 Å². The van der Waals surface area contributed by atoms with Gasteiger partial charge in [0.05, 0.1) is 0 Å². The number of methoxy groups -OCH3 is 1. The monoisotopic (exact) mass is 180 g/mol. The third kappa shape index (κ3) is 1.72. The predicted molar refractivity (Wildman–Crippen MR) is 47.0 cm³/mol. The number of hydrogen-bond acceptors (Lipinski definition) is 3. The molecule has 0 radical (unpaired) electrons. The van der Waals surface area contributed by atoms with Gasteiger partial charge in [-0.05, 0) is 5.56 Å². The van der Waals surface area contributed by atoms with E-state index in [1.807, 2.05) is 30.3 Å². The van der Waals surface area contributed by atoms with Crippen molar-refractivity contribution in [1.82, 2.24) is 0 Å². The first kappa shape index (κ1) is 8.69. The summed E-state index contributed by atoms with van der Waals surface area (Å²) in [5.74, 6) is 0. The number of rotatable bonds is 2. The first-order valence-corrected chi connectivity index (χ1v) is 4.23. The maximum absolute atomic E-state index is 5.40. The minimum absolute atomic E-state index is 0.0915. The topological polar surface area (TPSA) is 27.7 Å². The molecule has 0 aliphatic carbocycles. The summed E-state index contributed by atoms with van der Waals surface area (Å²) in [4.78, 5) is 0. The number of hydrogen-bond donors (Lipinski definition) is 0. The van der Waals surface area contributed by atoms with Gasteiger partial charge in [0.2, 0.25) is 0 Å². The zero-order valence-corrected chi connectivity index (χ0v) is 7.47. The molecule has 2 atom stereocenters. The summed E-state index contributed by atoms with van der Waals surface area (Å²) < 4.78 is 15.8. The number of ether oxygens (including phenoxy) is 3. The average Bonchev–Trinajstić information content (AvgIpc) is 2.67. The SMILES string of the molecule is COC1OCOC1c1ccccc1. The maximum Gasteiger partial charge on any atom is 0.190 e. The fourth-order valence-electron chi connectivity index (χ4n) is 1.43. The van der Waals surface area contributed by atoms with Gasteiger partial charge in [0.1, 0.15) is 6.10 Å². The highest BCUT2D eigenvalue weighted by molar-refractivity contribution is 5.18. The van der Waals surface area contributed by atoms with Crippen LogP contribution in [0, 0.1) is 0 Å². The van der Waals surface area contributed by atoms with E-state index in [9.17, 15) is 0 Å². The van der Waals surface area contributed by atoms with Gasteiger partial charge in [0, 0.05) is 7.11 Å². The Morgan fingerprint density at radius 1 is 1.23 bits per heavy atom. The molecular weight excluding hydrogens is 168 g/mol. The van der Waals surface area contributed by atoms with Gasteiger partial charge < -0.3 is 14.2 Å². The van der Waals surface area contributed by atoms with Crippen LogP contribution >= 0.6 is 0 Å². The van der Waals surface area contributed by atoms with Crippen molar-refractivity contribution in [2.24, 2.45) is 0 Å². The summed E-state index contributed by atoms with van der Waals surface area (Å²) in [5, 5.41) is 0. The minimum atomic E-state index is -0.276. The molecule has 3 nitrogen and oxygen atoms in total. The van der Waals surface area contributed by atoms with E-state index in [0.29, 0.717) is 6.79 Å². The lowest BCUT2D eigenvalue weighted by Gasteiger charge is -2.14. The highest BCUT2D eigenvalue weighted by Gasteiger charge is 2.30. The van der Waals surface area contributed by atoms with E-state index >= 15 is 0 Å². The molecule has 70 valence electrons. The Kier molecular flexibility index (Phi) is 2.59. The molecule has 0 aromatic heterocycles. The van der Waals surface area contributed by atoms with E-state index in [0.717, 1.165) is 5.56 Å². The number of benzene rings is 1. The van der Waals surface area contributed by atoms with Crippen LogP contribution in [0.3, 0.4) is 0 Å². The lowest BCUT2D eigenvalue weighted by Crippen LogP contribution is -2.16. The van der Waals surface area contributed by atoms with Gasteiger partial charge in [-0.15, -0.1) is 0 Å². The van der Waals surface area contributed by atoms with Crippen LogP contribution in [0.4, 0.5) is 0 Å². The molecule has 1 aliphatic heterocycles. The molecule has 1 fully saturated rings. The van der Waals surface area contributed by atoms with Crippen LogP contribution in [0.5, 0.6) is 0 Å². The highest BCUT2D eigenvalue weighted by atomic mass is 16.8. The predicted octanol–water partition coefficient (Wildman–Crippen LogP) is 1.70. The quantitative estimate of drug-likeness (QED) is 0.693. The molecule has 1 aliphatic rings. The van der Waals surface area contributed by atoms with Crippen molar-refractivity contribution in [3.8, 4) is 0 Å². The van der Waals surface area contributed by atoms with Crippen molar-refractivity contribution in [2.75, 3.05) is 13.9 Å². The molecule has 0 bridgehead atoms. The molecule has 3 heteroatoms. The van der Waals surface area contributed by atoms with Crippen LogP contribution in [0.25, 0.3) is 0 Å². The molecule has 1 aromatic carbocycles. The van der Waals surface area contributed by atoms with Crippen molar-refractivity contribution >= 4 is 0 Å². The first-order valence-electron chi connectivity index (χ1n) is 4.23. The lowest BCUT2D eigenvalue weighted by atomic mass is 10.1. The zero-order chi connectivity index (χ0) is 9.10. The molecule has 0 N–H and O–H groups in total. The van der Waals surface area contributed by atoms with Gasteiger partial charge in [-0.2, -0.15) is 0 Å². The van der Waals surface area contributed by atoms with Gasteiger partial charge >= 0.3 is 0 Å². The standard InChI is InChI=1S/C10H12O3/c1-11-10-9(12-7-13-10)8-5-3-2-4-6-8/h2-6,9-10H,7H2,1H3. The lowest BCUT2D eigenvalue weighted by molar-refractivity contribution is -0.0963. The average molecular weight is 180 g/mol. The van der Waals surface area contributed by atoms with E-state index in [1.54, 1.807) is 7.11 Å². The smallest absolute Gasteiger partial charge is 0.190 e. The molecule has 0 spiro atoms. The Labute approximate surface area is 77.2 Å². The van der Waals surface area contributed by atoms with Gasteiger partial charge in [-0.25, -0.2) is 0 Å². The molecule has 1 heterocycles. The zero-order valence-electron chi connectivity index (χ0n) is 7.47. The fourth-order valence-corrected chi connectivity index (χ4v) is 1.43. The van der Waals surface area contributed by atoms with E-state index < -0.39 is 0 Å². The Hall–Kier alpha value is -0.900. The minimum Gasteiger partial charge on any atom is -0.353 e. The largest absolute Gasteiger partial charge is 0.353 e. The second-order valence-corrected chi connectivity index (χ2v) is 2.89. The summed E-state index contributed by atoms with van der Waals surface area (Å²) in [6, 6.07) is 9.94. The van der Waals surface area contributed by atoms with Crippen LogP contribution in [0.2, 0.25) is 0 Å². The van der Waals surface area contributed by atoms with E-state index in [1.165, 1.54) is 0 Å². The normalized spacial score (nSPS) is 27.8. The van der Waals surface area contributed by atoms with Gasteiger partial charge in [0.15, 0.2) is 13.1 Å². The third-order valence-corrected chi connectivity index (χ3v) is 2.09. The van der Waals surface area contributed by atoms with Crippen molar-refractivity contribution in [3.05, 3.63) is 35.9 Å². The molecule has 0 amide bonds. The van der Waals surface area contributed by atoms with Crippen LogP contribution in [-0.4, -0.2) is 20.2 Å². The second-order valence-electron chi connectivity index (χ2n) is 2.89. The summed E-state index contributed by atoms with van der Waals surface area (Å²) in [7, 11) is 1.62. The maximum atomic E-state index is 5.40. The first-order chi connectivity index (χ1) is 6.42. The molecule has 0 saturated carbocycles. The van der Waals surface area contributed by atoms with Gasteiger partial charge in [0.25, 0.3) is 0 Å². The van der Waals surface area contributed by atoms with E-state index in [2.05, 4.69) is 0 Å². The van der Waals surface area contributed by atoms with Crippen LogP contribution < -0.4 is 0 Å². The Morgan fingerprint density at radius 3 is 2.69 bits per heavy atom. The van der Waals surface area contributed by atoms with Gasteiger partial charge in [-0.3, -0.25) is 0 Å². The molecule has 1 aromatic rings. The molecule has 1 saturated heterocycles. The van der Waals surface area contributed by atoms with Crippen LogP contribution in [0.15, 0.2) is 30.3 Å². The van der Waals surface area contributed by atoms with Crippen molar-refractivity contribution in [2.45, 2.75) is 12.4 Å². The molecule has 13 heavy (non-hydrogen) atoms. The highest BCUT2D eigenvalue weighted by Crippen LogP contribution is 2.28. The van der Waals surface area contributed by atoms with E-state index in [-0.39, 0.29) is 12.4 Å². The Morgan fingerprint density at radius 2 is 2.00 bits per heavy atom. The van der Waals surface area contributed by atoms with Crippen molar-refractivity contribution < 1.29 is 14.2 Å². The summed E-state index contributed by atoms with van der Waals surface area (Å²) >= 11 is 0. The molecule has 2 rings (SSSR count). The second kappa shape index (κ2) is 3.87. The molecular formula is C10H12O3. The van der Waals surface area contributed by atoms with E-state index in [4.69, 9.17) is 14.2 Å². The summed E-state index contributed by atoms with van der Waals surface area (Å²) in [5.41, 5.74) is 1.09. The van der Waals surface area contributed by atoms with Crippen molar-refractivity contribution in [1.29, 1.82) is 0 Å². The Balaban J connectivity index is 2.16. The third-order valence-electron chi connectivity index (χ3n) is 2.09. The Bertz CT molecular complexity index is 260. The van der Waals surface area contributed by atoms with Crippen LogP contribution in [-0.2, 0) is 14.2 Å².